The Kier molecular flexibility index (Phi) is 5.83. The first-order valence-electron chi connectivity index (χ1n) is 6.87. The molecule has 0 aliphatic carbocycles. The van der Waals surface area contributed by atoms with E-state index in [1.807, 2.05) is 6.07 Å². The van der Waals surface area contributed by atoms with E-state index in [2.05, 4.69) is 5.32 Å². The highest BCUT2D eigenvalue weighted by atomic mass is 32.2. The molecule has 2 rings (SSSR count). The summed E-state index contributed by atoms with van der Waals surface area (Å²) >= 11 is 1.74. The van der Waals surface area contributed by atoms with Gasteiger partial charge in [-0.2, -0.15) is 17.0 Å². The SMILES string of the molecule is N#Cc1ccc(C(=O)NCCS(=O)(=O)N2CCSCC2)cc1. The predicted molar refractivity (Wildman–Crippen MR) is 86.2 cm³/mol. The average Bonchev–Trinajstić information content (AvgIpc) is 2.55. The van der Waals surface area contributed by atoms with Crippen molar-refractivity contribution in [1.29, 1.82) is 5.26 Å². The van der Waals surface area contributed by atoms with Crippen LogP contribution in [0, 0.1) is 11.3 Å². The van der Waals surface area contributed by atoms with Crippen molar-refractivity contribution in [3.05, 3.63) is 35.4 Å². The number of carbonyl (C=O) groups is 1. The minimum atomic E-state index is -3.31. The summed E-state index contributed by atoms with van der Waals surface area (Å²) in [5.41, 5.74) is 0.882. The molecule has 0 saturated carbocycles. The van der Waals surface area contributed by atoms with Gasteiger partial charge in [0, 0.05) is 36.7 Å². The van der Waals surface area contributed by atoms with Crippen molar-refractivity contribution in [2.24, 2.45) is 0 Å². The van der Waals surface area contributed by atoms with Crippen molar-refractivity contribution in [3.63, 3.8) is 0 Å². The molecule has 118 valence electrons. The van der Waals surface area contributed by atoms with E-state index in [-0.39, 0.29) is 18.2 Å². The zero-order valence-corrected chi connectivity index (χ0v) is 13.6. The van der Waals surface area contributed by atoms with Crippen LogP contribution in [0.15, 0.2) is 24.3 Å². The number of carbonyl (C=O) groups excluding carboxylic acids is 1. The van der Waals surface area contributed by atoms with E-state index < -0.39 is 10.0 Å². The van der Waals surface area contributed by atoms with Gasteiger partial charge in [-0.1, -0.05) is 0 Å². The Morgan fingerprint density at radius 2 is 1.91 bits per heavy atom. The van der Waals surface area contributed by atoms with Gasteiger partial charge in [-0.25, -0.2) is 12.7 Å². The van der Waals surface area contributed by atoms with Gasteiger partial charge in [0.25, 0.3) is 5.91 Å². The molecule has 6 nitrogen and oxygen atoms in total. The maximum absolute atomic E-state index is 12.1. The molecule has 1 aliphatic heterocycles. The summed E-state index contributed by atoms with van der Waals surface area (Å²) in [5, 5.41) is 11.3. The van der Waals surface area contributed by atoms with Gasteiger partial charge in [-0.15, -0.1) is 0 Å². The van der Waals surface area contributed by atoms with E-state index in [1.54, 1.807) is 36.0 Å². The van der Waals surface area contributed by atoms with Crippen LogP contribution in [0.5, 0.6) is 0 Å². The number of sulfonamides is 1. The Hall–Kier alpha value is -1.56. The minimum Gasteiger partial charge on any atom is -0.351 e. The molecular formula is C14H17N3O3S2. The first kappa shape index (κ1) is 16.8. The number of hydrogen-bond acceptors (Lipinski definition) is 5. The van der Waals surface area contributed by atoms with Gasteiger partial charge < -0.3 is 5.32 Å². The van der Waals surface area contributed by atoms with Crippen LogP contribution in [0.4, 0.5) is 0 Å². The van der Waals surface area contributed by atoms with Crippen molar-refractivity contribution in [3.8, 4) is 6.07 Å². The van der Waals surface area contributed by atoms with Gasteiger partial charge in [0.15, 0.2) is 0 Å². The van der Waals surface area contributed by atoms with Gasteiger partial charge >= 0.3 is 0 Å². The van der Waals surface area contributed by atoms with E-state index in [1.165, 1.54) is 4.31 Å². The summed E-state index contributed by atoms with van der Waals surface area (Å²) in [6.07, 6.45) is 0. The molecule has 1 heterocycles. The Balaban J connectivity index is 1.84. The van der Waals surface area contributed by atoms with Crippen molar-refractivity contribution in [1.82, 2.24) is 9.62 Å². The second-order valence-electron chi connectivity index (χ2n) is 4.77. The van der Waals surface area contributed by atoms with E-state index in [0.29, 0.717) is 24.2 Å². The molecule has 22 heavy (non-hydrogen) atoms. The molecule has 1 aliphatic rings. The third kappa shape index (κ3) is 4.47. The van der Waals surface area contributed by atoms with E-state index in [9.17, 15) is 13.2 Å². The second-order valence-corrected chi connectivity index (χ2v) is 8.09. The molecule has 8 heteroatoms. The molecule has 1 N–H and O–H groups in total. The predicted octanol–water partition coefficient (Wildman–Crippen LogP) is 0.667. The van der Waals surface area contributed by atoms with Crippen molar-refractivity contribution in [2.45, 2.75) is 0 Å². The highest BCUT2D eigenvalue weighted by molar-refractivity contribution is 7.99. The summed E-state index contributed by atoms with van der Waals surface area (Å²) in [4.78, 5) is 11.9. The van der Waals surface area contributed by atoms with E-state index in [0.717, 1.165) is 11.5 Å². The monoisotopic (exact) mass is 339 g/mol. The largest absolute Gasteiger partial charge is 0.351 e. The molecule has 1 aromatic carbocycles. The topological polar surface area (TPSA) is 90.3 Å². The molecule has 1 fully saturated rings. The molecule has 1 aromatic rings. The standard InChI is InChI=1S/C14H17N3O3S2/c15-11-12-1-3-13(4-2-12)14(18)16-5-10-22(19,20)17-6-8-21-9-7-17/h1-4H,5-10H2,(H,16,18). The maximum Gasteiger partial charge on any atom is 0.251 e. The normalized spacial score (nSPS) is 16.0. The molecule has 0 atom stereocenters. The lowest BCUT2D eigenvalue weighted by molar-refractivity contribution is 0.0956. The van der Waals surface area contributed by atoms with E-state index >= 15 is 0 Å². The van der Waals surface area contributed by atoms with Crippen molar-refractivity contribution in [2.75, 3.05) is 36.9 Å². The summed E-state index contributed by atoms with van der Waals surface area (Å²) in [5.74, 6) is 1.20. The molecule has 1 saturated heterocycles. The third-order valence-corrected chi connectivity index (χ3v) is 6.10. The first-order chi connectivity index (χ1) is 10.5. The summed E-state index contributed by atoms with van der Waals surface area (Å²) < 4.78 is 25.7. The second kappa shape index (κ2) is 7.63. The highest BCUT2D eigenvalue weighted by Crippen LogP contribution is 2.13. The molecule has 1 amide bonds. The summed E-state index contributed by atoms with van der Waals surface area (Å²) in [6, 6.07) is 8.17. The van der Waals surface area contributed by atoms with Gasteiger partial charge in [0.1, 0.15) is 0 Å². The Morgan fingerprint density at radius 3 is 2.50 bits per heavy atom. The van der Waals surface area contributed by atoms with Crippen LogP contribution in [-0.4, -0.2) is 55.5 Å². The number of nitriles is 1. The van der Waals surface area contributed by atoms with Crippen LogP contribution < -0.4 is 5.32 Å². The maximum atomic E-state index is 12.1. The number of nitrogens with one attached hydrogen (secondary N) is 1. The van der Waals surface area contributed by atoms with Crippen LogP contribution in [0.1, 0.15) is 15.9 Å². The summed E-state index contributed by atoms with van der Waals surface area (Å²) in [6.45, 7) is 1.15. The van der Waals surface area contributed by atoms with Crippen LogP contribution in [0.25, 0.3) is 0 Å². The van der Waals surface area contributed by atoms with Crippen LogP contribution >= 0.6 is 11.8 Å². The first-order valence-corrected chi connectivity index (χ1v) is 9.63. The number of thioether (sulfide) groups is 1. The van der Waals surface area contributed by atoms with Crippen LogP contribution in [0.3, 0.4) is 0 Å². The number of benzene rings is 1. The third-order valence-electron chi connectivity index (χ3n) is 3.29. The molecule has 0 radical (unpaired) electrons. The quantitative estimate of drug-likeness (QED) is 0.851. The van der Waals surface area contributed by atoms with Crippen molar-refractivity contribution >= 4 is 27.7 Å². The zero-order valence-electron chi connectivity index (χ0n) is 12.0. The molecule has 0 spiro atoms. The lowest BCUT2D eigenvalue weighted by Gasteiger charge is -2.25. The van der Waals surface area contributed by atoms with Gasteiger partial charge in [-0.3, -0.25) is 4.79 Å². The fourth-order valence-electron chi connectivity index (χ4n) is 2.05. The van der Waals surface area contributed by atoms with Gasteiger partial charge in [0.05, 0.1) is 17.4 Å². The fourth-order valence-corrected chi connectivity index (χ4v) is 4.54. The fraction of sp³-hybridized carbons (Fsp3) is 0.429. The molecule has 0 bridgehead atoms. The van der Waals surface area contributed by atoms with Gasteiger partial charge in [0.2, 0.25) is 10.0 Å². The lowest BCUT2D eigenvalue weighted by Crippen LogP contribution is -2.41. The van der Waals surface area contributed by atoms with Crippen LogP contribution in [-0.2, 0) is 10.0 Å². The van der Waals surface area contributed by atoms with Crippen molar-refractivity contribution < 1.29 is 13.2 Å². The Labute approximate surface area is 134 Å². The molecular weight excluding hydrogens is 322 g/mol. The highest BCUT2D eigenvalue weighted by Gasteiger charge is 2.23. The Bertz CT molecular complexity index is 660. The zero-order chi connectivity index (χ0) is 16.0. The number of hydrogen-bond donors (Lipinski definition) is 1. The Morgan fingerprint density at radius 1 is 1.27 bits per heavy atom. The van der Waals surface area contributed by atoms with Gasteiger partial charge in [-0.05, 0) is 24.3 Å². The lowest BCUT2D eigenvalue weighted by atomic mass is 10.1. The smallest absolute Gasteiger partial charge is 0.251 e. The minimum absolute atomic E-state index is 0.0742. The average molecular weight is 339 g/mol. The summed E-state index contributed by atoms with van der Waals surface area (Å²) in [7, 11) is -3.31. The van der Waals surface area contributed by atoms with E-state index in [4.69, 9.17) is 5.26 Å². The molecule has 0 unspecified atom stereocenters. The number of rotatable bonds is 5. The molecule has 0 aromatic heterocycles. The van der Waals surface area contributed by atoms with Crippen LogP contribution in [0.2, 0.25) is 0 Å². The number of amides is 1. The number of nitrogens with zero attached hydrogens (tertiary/aromatic N) is 2.